The molecular formula is C19H22N2O3S. The van der Waals surface area contributed by atoms with Crippen molar-refractivity contribution >= 4 is 34.0 Å². The summed E-state index contributed by atoms with van der Waals surface area (Å²) < 4.78 is 4.95. The quantitative estimate of drug-likeness (QED) is 0.779. The van der Waals surface area contributed by atoms with Gasteiger partial charge in [0.25, 0.3) is 0 Å². The molecular weight excluding hydrogens is 336 g/mol. The zero-order valence-electron chi connectivity index (χ0n) is 14.4. The minimum absolute atomic E-state index is 0.359. The van der Waals surface area contributed by atoms with Crippen molar-refractivity contribution < 1.29 is 14.3 Å². The number of urea groups is 1. The highest BCUT2D eigenvalue weighted by Crippen LogP contribution is 2.40. The molecule has 0 aliphatic heterocycles. The average Bonchev–Trinajstić information content (AvgIpc) is 2.98. The number of hydrogen-bond acceptors (Lipinski definition) is 4. The van der Waals surface area contributed by atoms with Gasteiger partial charge in [0.1, 0.15) is 5.00 Å². The van der Waals surface area contributed by atoms with Gasteiger partial charge in [0.2, 0.25) is 0 Å². The van der Waals surface area contributed by atoms with Crippen LogP contribution >= 0.6 is 11.3 Å². The van der Waals surface area contributed by atoms with Crippen LogP contribution in [0, 0.1) is 5.92 Å². The molecule has 2 amide bonds. The molecule has 1 heterocycles. The van der Waals surface area contributed by atoms with Crippen molar-refractivity contribution in [1.29, 1.82) is 0 Å². The largest absolute Gasteiger partial charge is 0.465 e. The normalized spacial score (nSPS) is 16.0. The molecule has 6 heteroatoms. The predicted octanol–water partition coefficient (Wildman–Crippen LogP) is 4.69. The lowest BCUT2D eigenvalue weighted by molar-refractivity contribution is 0.0601. The molecule has 1 atom stereocenters. The molecule has 0 radical (unpaired) electrons. The van der Waals surface area contributed by atoms with Gasteiger partial charge in [-0.15, -0.1) is 11.3 Å². The van der Waals surface area contributed by atoms with E-state index in [2.05, 4.69) is 17.6 Å². The number of carbonyl (C=O) groups is 2. The van der Waals surface area contributed by atoms with Crippen molar-refractivity contribution in [3.8, 4) is 0 Å². The first-order chi connectivity index (χ1) is 12.1. The number of para-hydroxylation sites is 1. The number of esters is 1. The zero-order valence-corrected chi connectivity index (χ0v) is 15.2. The van der Waals surface area contributed by atoms with Crippen LogP contribution in [0.15, 0.2) is 30.3 Å². The Balaban J connectivity index is 1.84. The van der Waals surface area contributed by atoms with E-state index in [0.717, 1.165) is 31.2 Å². The number of carbonyl (C=O) groups excluding carboxylic acids is 2. The van der Waals surface area contributed by atoms with E-state index in [-0.39, 0.29) is 12.0 Å². The van der Waals surface area contributed by atoms with Gasteiger partial charge in [0, 0.05) is 10.6 Å². The van der Waals surface area contributed by atoms with E-state index in [1.165, 1.54) is 23.3 Å². The van der Waals surface area contributed by atoms with E-state index in [0.29, 0.717) is 22.2 Å². The lowest BCUT2D eigenvalue weighted by Crippen LogP contribution is -2.20. The standard InChI is InChI=1S/C19H22N2O3S/c1-3-12-9-10-14-15(11-12)25-17(16(14)18(22)24-2)21-19(23)20-13-7-5-4-6-8-13/h4-8,12H,3,9-11H2,1-2H3,(H2,20,21,23). The Morgan fingerprint density at radius 1 is 1.24 bits per heavy atom. The average molecular weight is 358 g/mol. The topological polar surface area (TPSA) is 67.4 Å². The summed E-state index contributed by atoms with van der Waals surface area (Å²) in [7, 11) is 1.37. The molecule has 1 unspecified atom stereocenters. The molecule has 1 aliphatic rings. The summed E-state index contributed by atoms with van der Waals surface area (Å²) >= 11 is 1.49. The van der Waals surface area contributed by atoms with Crippen LogP contribution in [0.4, 0.5) is 15.5 Å². The zero-order chi connectivity index (χ0) is 17.8. The van der Waals surface area contributed by atoms with Gasteiger partial charge in [-0.1, -0.05) is 31.5 Å². The molecule has 1 aromatic carbocycles. The van der Waals surface area contributed by atoms with Crippen LogP contribution in [0.3, 0.4) is 0 Å². The molecule has 0 spiro atoms. The molecule has 0 bridgehead atoms. The molecule has 1 aromatic heterocycles. The van der Waals surface area contributed by atoms with Crippen LogP contribution in [0.25, 0.3) is 0 Å². The highest BCUT2D eigenvalue weighted by Gasteiger charge is 2.29. The SMILES string of the molecule is CCC1CCc2c(sc(NC(=O)Nc3ccccc3)c2C(=O)OC)C1. The third-order valence-electron chi connectivity index (χ3n) is 4.59. The second kappa shape index (κ2) is 7.70. The minimum atomic E-state index is -0.387. The molecule has 2 aromatic rings. The molecule has 25 heavy (non-hydrogen) atoms. The lowest BCUT2D eigenvalue weighted by atomic mass is 9.86. The van der Waals surface area contributed by atoms with Gasteiger partial charge in [-0.05, 0) is 42.9 Å². The summed E-state index contributed by atoms with van der Waals surface area (Å²) in [5, 5.41) is 6.18. The Bertz CT molecular complexity index is 770. The maximum atomic E-state index is 12.3. The maximum Gasteiger partial charge on any atom is 0.341 e. The van der Waals surface area contributed by atoms with Crippen molar-refractivity contribution in [2.45, 2.75) is 32.6 Å². The fourth-order valence-electron chi connectivity index (χ4n) is 3.20. The number of amides is 2. The third-order valence-corrected chi connectivity index (χ3v) is 5.76. The number of benzene rings is 1. The van der Waals surface area contributed by atoms with Crippen molar-refractivity contribution in [2.24, 2.45) is 5.92 Å². The Kier molecular flexibility index (Phi) is 5.38. The Morgan fingerprint density at radius 3 is 2.68 bits per heavy atom. The van der Waals surface area contributed by atoms with Crippen molar-refractivity contribution in [1.82, 2.24) is 0 Å². The van der Waals surface area contributed by atoms with E-state index in [9.17, 15) is 9.59 Å². The molecule has 0 saturated carbocycles. The van der Waals surface area contributed by atoms with Crippen molar-refractivity contribution in [3.63, 3.8) is 0 Å². The van der Waals surface area contributed by atoms with E-state index in [1.807, 2.05) is 30.3 Å². The van der Waals surface area contributed by atoms with Gasteiger partial charge in [-0.2, -0.15) is 0 Å². The summed E-state index contributed by atoms with van der Waals surface area (Å²) in [6, 6.07) is 8.85. The maximum absolute atomic E-state index is 12.3. The highest BCUT2D eigenvalue weighted by molar-refractivity contribution is 7.17. The van der Waals surface area contributed by atoms with Crippen LogP contribution in [0.2, 0.25) is 0 Å². The first-order valence-corrected chi connectivity index (χ1v) is 9.30. The summed E-state index contributed by atoms with van der Waals surface area (Å²) in [4.78, 5) is 25.8. The number of nitrogens with one attached hydrogen (secondary N) is 2. The summed E-state index contributed by atoms with van der Waals surface area (Å²) in [6.45, 7) is 2.19. The smallest absolute Gasteiger partial charge is 0.341 e. The number of ether oxygens (including phenoxy) is 1. The molecule has 5 nitrogen and oxygen atoms in total. The van der Waals surface area contributed by atoms with Crippen LogP contribution in [0.5, 0.6) is 0 Å². The Hall–Kier alpha value is -2.34. The first kappa shape index (κ1) is 17.5. The monoisotopic (exact) mass is 358 g/mol. The van der Waals surface area contributed by atoms with Gasteiger partial charge < -0.3 is 10.1 Å². The summed E-state index contributed by atoms with van der Waals surface area (Å²) in [5.74, 6) is 0.255. The second-order valence-corrected chi connectivity index (χ2v) is 7.27. The minimum Gasteiger partial charge on any atom is -0.465 e. The molecule has 0 fully saturated rings. The number of thiophene rings is 1. The molecule has 0 saturated heterocycles. The first-order valence-electron chi connectivity index (χ1n) is 8.48. The number of rotatable bonds is 4. The lowest BCUT2D eigenvalue weighted by Gasteiger charge is -2.20. The fourth-order valence-corrected chi connectivity index (χ4v) is 4.54. The summed E-state index contributed by atoms with van der Waals surface area (Å²) in [6.07, 6.45) is 4.02. The Labute approximate surface area is 151 Å². The number of fused-ring (bicyclic) bond motifs is 1. The third kappa shape index (κ3) is 3.85. The van der Waals surface area contributed by atoms with Crippen LogP contribution in [0.1, 0.15) is 40.6 Å². The molecule has 1 aliphatic carbocycles. The van der Waals surface area contributed by atoms with Crippen LogP contribution in [-0.2, 0) is 17.6 Å². The number of anilines is 2. The second-order valence-electron chi connectivity index (χ2n) is 6.16. The molecule has 132 valence electrons. The number of hydrogen-bond donors (Lipinski definition) is 2. The molecule has 2 N–H and O–H groups in total. The highest BCUT2D eigenvalue weighted by atomic mass is 32.1. The van der Waals surface area contributed by atoms with E-state index < -0.39 is 0 Å². The Morgan fingerprint density at radius 2 is 2.00 bits per heavy atom. The van der Waals surface area contributed by atoms with Gasteiger partial charge in [-0.3, -0.25) is 5.32 Å². The van der Waals surface area contributed by atoms with E-state index >= 15 is 0 Å². The van der Waals surface area contributed by atoms with E-state index in [4.69, 9.17) is 4.74 Å². The van der Waals surface area contributed by atoms with Gasteiger partial charge in [0.05, 0.1) is 12.7 Å². The van der Waals surface area contributed by atoms with Crippen molar-refractivity contribution in [3.05, 3.63) is 46.3 Å². The van der Waals surface area contributed by atoms with Gasteiger partial charge >= 0.3 is 12.0 Å². The fraction of sp³-hybridized carbons (Fsp3) is 0.368. The van der Waals surface area contributed by atoms with Gasteiger partial charge in [0.15, 0.2) is 0 Å². The van der Waals surface area contributed by atoms with Crippen LogP contribution < -0.4 is 10.6 Å². The predicted molar refractivity (Wildman–Crippen MR) is 101 cm³/mol. The molecule has 3 rings (SSSR count). The van der Waals surface area contributed by atoms with Crippen LogP contribution in [-0.4, -0.2) is 19.1 Å². The summed E-state index contributed by atoms with van der Waals surface area (Å²) in [5.41, 5.74) is 2.25. The van der Waals surface area contributed by atoms with Gasteiger partial charge in [-0.25, -0.2) is 9.59 Å². The van der Waals surface area contributed by atoms with E-state index in [1.54, 1.807) is 0 Å². The van der Waals surface area contributed by atoms with Crippen molar-refractivity contribution in [2.75, 3.05) is 17.7 Å². The number of methoxy groups -OCH3 is 1.